The fourth-order valence-electron chi connectivity index (χ4n) is 1.17. The number of carboxylic acids is 1. The minimum atomic E-state index is -0.770. The smallest absolute Gasteiger partial charge is 0.317 e. The second kappa shape index (κ2) is 6.86. The summed E-state index contributed by atoms with van der Waals surface area (Å²) < 4.78 is 0. The molecule has 0 aliphatic heterocycles. The molecular formula is C9H20N2O2. The first-order valence-electron chi connectivity index (χ1n) is 4.70. The summed E-state index contributed by atoms with van der Waals surface area (Å²) in [5, 5.41) is 8.54. The Morgan fingerprint density at radius 2 is 2.15 bits per heavy atom. The monoisotopic (exact) mass is 188 g/mol. The molecule has 4 heteroatoms. The Morgan fingerprint density at radius 3 is 2.62 bits per heavy atom. The Balaban J connectivity index is 3.56. The highest BCUT2D eigenvalue weighted by Gasteiger charge is 2.11. The molecule has 78 valence electrons. The number of carbonyl (C=O) groups is 1. The molecule has 0 saturated carbocycles. The van der Waals surface area contributed by atoms with E-state index in [4.69, 9.17) is 10.8 Å². The number of nitrogens with zero attached hydrogens (tertiary/aromatic N) is 1. The lowest BCUT2D eigenvalue weighted by molar-refractivity contribution is -0.138. The highest BCUT2D eigenvalue weighted by atomic mass is 16.4. The van der Waals surface area contributed by atoms with Crippen LogP contribution in [0, 0.1) is 0 Å². The van der Waals surface area contributed by atoms with Crippen LogP contribution in [-0.4, -0.2) is 42.2 Å². The highest BCUT2D eigenvalue weighted by Crippen LogP contribution is 2.05. The number of rotatable bonds is 7. The Morgan fingerprint density at radius 1 is 1.54 bits per heavy atom. The standard InChI is InChI=1S/C9H20N2O2/c1-8(5-3-4-6-10)11(2)7-9(12)13/h8H,3-7,10H2,1-2H3,(H,12,13). The fraction of sp³-hybridized carbons (Fsp3) is 0.889. The maximum absolute atomic E-state index is 10.4. The topological polar surface area (TPSA) is 66.6 Å². The van der Waals surface area contributed by atoms with Gasteiger partial charge in [0.05, 0.1) is 6.54 Å². The van der Waals surface area contributed by atoms with Crippen LogP contribution in [0.1, 0.15) is 26.2 Å². The summed E-state index contributed by atoms with van der Waals surface area (Å²) in [6.45, 7) is 2.87. The summed E-state index contributed by atoms with van der Waals surface area (Å²) in [6.07, 6.45) is 3.11. The van der Waals surface area contributed by atoms with E-state index < -0.39 is 5.97 Å². The first kappa shape index (κ1) is 12.4. The third-order valence-corrected chi connectivity index (χ3v) is 2.21. The van der Waals surface area contributed by atoms with Gasteiger partial charge in [-0.2, -0.15) is 0 Å². The van der Waals surface area contributed by atoms with Crippen LogP contribution in [0.4, 0.5) is 0 Å². The van der Waals surface area contributed by atoms with Gasteiger partial charge in [0.15, 0.2) is 0 Å². The van der Waals surface area contributed by atoms with Gasteiger partial charge in [0.2, 0.25) is 0 Å². The van der Waals surface area contributed by atoms with Gasteiger partial charge in [0.1, 0.15) is 0 Å². The van der Waals surface area contributed by atoms with Gasteiger partial charge in [0, 0.05) is 6.04 Å². The minimum Gasteiger partial charge on any atom is -0.480 e. The Labute approximate surface area is 79.7 Å². The molecule has 0 aromatic heterocycles. The van der Waals surface area contributed by atoms with Crippen molar-refractivity contribution in [3.63, 3.8) is 0 Å². The summed E-state index contributed by atoms with van der Waals surface area (Å²) >= 11 is 0. The van der Waals surface area contributed by atoms with E-state index in [1.165, 1.54) is 0 Å². The zero-order valence-corrected chi connectivity index (χ0v) is 8.49. The van der Waals surface area contributed by atoms with Crippen molar-refractivity contribution in [3.8, 4) is 0 Å². The highest BCUT2D eigenvalue weighted by molar-refractivity contribution is 5.69. The lowest BCUT2D eigenvalue weighted by atomic mass is 10.1. The number of likely N-dealkylation sites (N-methyl/N-ethyl adjacent to an activating group) is 1. The van der Waals surface area contributed by atoms with Gasteiger partial charge in [-0.15, -0.1) is 0 Å². The van der Waals surface area contributed by atoms with Gasteiger partial charge in [-0.25, -0.2) is 0 Å². The molecule has 0 aliphatic rings. The van der Waals surface area contributed by atoms with Crippen LogP contribution in [-0.2, 0) is 4.79 Å². The van der Waals surface area contributed by atoms with Crippen LogP contribution >= 0.6 is 0 Å². The minimum absolute atomic E-state index is 0.115. The van der Waals surface area contributed by atoms with Crippen molar-refractivity contribution in [1.29, 1.82) is 0 Å². The van der Waals surface area contributed by atoms with Gasteiger partial charge < -0.3 is 10.8 Å². The van der Waals surface area contributed by atoms with Crippen LogP contribution in [0.3, 0.4) is 0 Å². The lowest BCUT2D eigenvalue weighted by Gasteiger charge is -2.22. The van der Waals surface area contributed by atoms with E-state index >= 15 is 0 Å². The van der Waals surface area contributed by atoms with Crippen LogP contribution in [0.5, 0.6) is 0 Å². The van der Waals surface area contributed by atoms with Gasteiger partial charge >= 0.3 is 5.97 Å². The molecule has 1 atom stereocenters. The molecule has 4 nitrogen and oxygen atoms in total. The first-order valence-corrected chi connectivity index (χ1v) is 4.70. The molecule has 0 heterocycles. The number of aliphatic carboxylic acids is 1. The van der Waals surface area contributed by atoms with Crippen molar-refractivity contribution in [2.75, 3.05) is 20.1 Å². The molecule has 0 spiro atoms. The Hall–Kier alpha value is -0.610. The van der Waals surface area contributed by atoms with Crippen LogP contribution < -0.4 is 5.73 Å². The van der Waals surface area contributed by atoms with Crippen molar-refractivity contribution in [2.24, 2.45) is 5.73 Å². The molecule has 0 fully saturated rings. The van der Waals surface area contributed by atoms with Crippen molar-refractivity contribution >= 4 is 5.97 Å². The van der Waals surface area contributed by atoms with E-state index in [9.17, 15) is 4.79 Å². The average molecular weight is 188 g/mol. The van der Waals surface area contributed by atoms with E-state index in [2.05, 4.69) is 0 Å². The van der Waals surface area contributed by atoms with Crippen LogP contribution in [0.25, 0.3) is 0 Å². The molecule has 13 heavy (non-hydrogen) atoms. The molecule has 0 bridgehead atoms. The zero-order chi connectivity index (χ0) is 10.3. The predicted octanol–water partition coefficient (Wildman–Crippen LogP) is 0.520. The number of nitrogens with two attached hydrogens (primary N) is 1. The normalized spacial score (nSPS) is 13.2. The average Bonchev–Trinajstić information content (AvgIpc) is 2.03. The fourth-order valence-corrected chi connectivity index (χ4v) is 1.17. The first-order chi connectivity index (χ1) is 6.07. The Bertz CT molecular complexity index is 151. The molecule has 1 unspecified atom stereocenters. The zero-order valence-electron chi connectivity index (χ0n) is 8.49. The number of unbranched alkanes of at least 4 members (excludes halogenated alkanes) is 1. The lowest BCUT2D eigenvalue weighted by Crippen LogP contribution is -2.33. The molecule has 0 radical (unpaired) electrons. The van der Waals surface area contributed by atoms with E-state index in [1.807, 2.05) is 18.9 Å². The molecule has 0 rings (SSSR count). The van der Waals surface area contributed by atoms with E-state index in [0.29, 0.717) is 6.04 Å². The van der Waals surface area contributed by atoms with Gasteiger partial charge in [-0.1, -0.05) is 6.42 Å². The third kappa shape index (κ3) is 6.54. The second-order valence-corrected chi connectivity index (χ2v) is 3.44. The molecule has 0 amide bonds. The Kier molecular flexibility index (Phi) is 6.54. The maximum atomic E-state index is 10.4. The van der Waals surface area contributed by atoms with Crippen molar-refractivity contribution < 1.29 is 9.90 Å². The van der Waals surface area contributed by atoms with Gasteiger partial charge in [0.25, 0.3) is 0 Å². The van der Waals surface area contributed by atoms with Gasteiger partial charge in [-0.3, -0.25) is 9.69 Å². The third-order valence-electron chi connectivity index (χ3n) is 2.21. The van der Waals surface area contributed by atoms with Crippen LogP contribution in [0.2, 0.25) is 0 Å². The summed E-state index contributed by atoms with van der Waals surface area (Å²) in [4.78, 5) is 12.2. The van der Waals surface area contributed by atoms with E-state index in [0.717, 1.165) is 25.8 Å². The summed E-state index contributed by atoms with van der Waals surface area (Å²) in [5.74, 6) is -0.770. The van der Waals surface area contributed by atoms with Crippen LogP contribution in [0.15, 0.2) is 0 Å². The predicted molar refractivity (Wildman–Crippen MR) is 52.6 cm³/mol. The van der Waals surface area contributed by atoms with E-state index in [1.54, 1.807) is 0 Å². The van der Waals surface area contributed by atoms with E-state index in [-0.39, 0.29) is 6.54 Å². The SMILES string of the molecule is CC(CCCCN)N(C)CC(=O)O. The number of hydrogen-bond acceptors (Lipinski definition) is 3. The van der Waals surface area contributed by atoms with Crippen molar-refractivity contribution in [1.82, 2.24) is 4.90 Å². The molecular weight excluding hydrogens is 168 g/mol. The quantitative estimate of drug-likeness (QED) is 0.572. The second-order valence-electron chi connectivity index (χ2n) is 3.44. The van der Waals surface area contributed by atoms with Crippen molar-refractivity contribution in [2.45, 2.75) is 32.2 Å². The maximum Gasteiger partial charge on any atom is 0.317 e. The molecule has 0 aromatic carbocycles. The summed E-state index contributed by atoms with van der Waals surface area (Å²) in [6, 6.07) is 0.322. The molecule has 3 N–H and O–H groups in total. The number of carboxylic acid groups (broad SMARTS) is 1. The molecule has 0 aromatic rings. The van der Waals surface area contributed by atoms with Gasteiger partial charge in [-0.05, 0) is 33.4 Å². The summed E-state index contributed by atoms with van der Waals surface area (Å²) in [5.41, 5.74) is 5.36. The largest absolute Gasteiger partial charge is 0.480 e. The summed E-state index contributed by atoms with van der Waals surface area (Å²) in [7, 11) is 1.83. The van der Waals surface area contributed by atoms with Crippen molar-refractivity contribution in [3.05, 3.63) is 0 Å². The number of hydrogen-bond donors (Lipinski definition) is 2. The molecule has 0 aliphatic carbocycles. The molecule has 0 saturated heterocycles.